The molecule has 0 bridgehead atoms. The molecule has 326 valence electrons. The number of hydrogen-bond donors (Lipinski definition) is 6. The summed E-state index contributed by atoms with van der Waals surface area (Å²) in [5.41, 5.74) is 3.07. The maximum absolute atomic E-state index is 13.1. The summed E-state index contributed by atoms with van der Waals surface area (Å²) in [7, 11) is 0. The number of carboxylic acid groups (broad SMARTS) is 1. The second-order valence-electron chi connectivity index (χ2n) is 15.1. The van der Waals surface area contributed by atoms with Crippen LogP contribution < -0.4 is 20.7 Å². The lowest BCUT2D eigenvalue weighted by atomic mass is 9.98. The van der Waals surface area contributed by atoms with Crippen LogP contribution in [0.2, 0.25) is 0 Å². The van der Waals surface area contributed by atoms with E-state index < -0.39 is 41.9 Å². The number of carbonyl (C=O) groups is 6. The third-order valence-corrected chi connectivity index (χ3v) is 10.5. The zero-order valence-electron chi connectivity index (χ0n) is 34.5. The van der Waals surface area contributed by atoms with Gasteiger partial charge in [0, 0.05) is 54.6 Å². The van der Waals surface area contributed by atoms with Crippen LogP contribution in [0.25, 0.3) is 17.1 Å². The highest BCUT2D eigenvalue weighted by Gasteiger charge is 2.40. The summed E-state index contributed by atoms with van der Waals surface area (Å²) in [6, 6.07) is 20.2. The molecule has 4 aromatic carbocycles. The molecule has 2 aliphatic heterocycles. The summed E-state index contributed by atoms with van der Waals surface area (Å²) < 4.78 is 12.9. The Hall–Kier alpha value is -7.96. The number of phenolic OH excluding ortho intramolecular Hbond substituents is 2. The lowest BCUT2D eigenvalue weighted by Crippen LogP contribution is -2.52. The van der Waals surface area contributed by atoms with Crippen molar-refractivity contribution in [2.75, 3.05) is 25.0 Å². The van der Waals surface area contributed by atoms with Gasteiger partial charge in [-0.2, -0.15) is 0 Å². The van der Waals surface area contributed by atoms with E-state index in [1.165, 1.54) is 15.5 Å². The van der Waals surface area contributed by atoms with Gasteiger partial charge in [0.1, 0.15) is 35.6 Å². The number of piperidine rings is 1. The zero-order valence-corrected chi connectivity index (χ0v) is 34.5. The Morgan fingerprint density at radius 2 is 1.65 bits per heavy atom. The normalized spacial score (nSPS) is 14.6. The van der Waals surface area contributed by atoms with Crippen molar-refractivity contribution < 1.29 is 53.6 Å². The Bertz CT molecular complexity index is 2590. The third kappa shape index (κ3) is 9.36. The van der Waals surface area contributed by atoms with Gasteiger partial charge in [-0.3, -0.25) is 34.4 Å². The minimum Gasteiger partial charge on any atom is -0.508 e. The Labute approximate surface area is 360 Å². The Morgan fingerprint density at radius 3 is 2.32 bits per heavy atom. The number of hydrogen-bond acceptors (Lipinski definition) is 12. The number of imide groups is 1. The molecule has 19 heteroatoms. The first-order valence-corrected chi connectivity index (χ1v) is 20.1. The van der Waals surface area contributed by atoms with Crippen molar-refractivity contribution in [2.45, 2.75) is 58.7 Å². The summed E-state index contributed by atoms with van der Waals surface area (Å²) in [6.45, 7) is 5.50. The van der Waals surface area contributed by atoms with E-state index in [-0.39, 0.29) is 73.7 Å². The number of amides is 6. The van der Waals surface area contributed by atoms with Crippen molar-refractivity contribution in [3.05, 3.63) is 107 Å². The Morgan fingerprint density at radius 1 is 0.937 bits per heavy atom. The predicted molar refractivity (Wildman–Crippen MR) is 225 cm³/mol. The Balaban J connectivity index is 0.957. The van der Waals surface area contributed by atoms with Gasteiger partial charge in [0.2, 0.25) is 17.6 Å². The smallest absolute Gasteiger partial charge is 0.411 e. The number of nitrogens with one attached hydrogen (secondary N) is 3. The monoisotopic (exact) mass is 860 g/mol. The molecule has 6 amide bonds. The lowest BCUT2D eigenvalue weighted by molar-refractivity contribution is -0.136. The van der Waals surface area contributed by atoms with Crippen LogP contribution in [0.1, 0.15) is 77.2 Å². The van der Waals surface area contributed by atoms with Gasteiger partial charge in [-0.15, -0.1) is 10.2 Å². The van der Waals surface area contributed by atoms with Gasteiger partial charge in [0.05, 0.1) is 12.1 Å². The Kier molecular flexibility index (Phi) is 12.6. The van der Waals surface area contributed by atoms with E-state index in [1.807, 2.05) is 13.8 Å². The first-order valence-electron chi connectivity index (χ1n) is 20.1. The van der Waals surface area contributed by atoms with Crippen LogP contribution in [0, 0.1) is 0 Å². The average Bonchev–Trinajstić information content (AvgIpc) is 3.83. The van der Waals surface area contributed by atoms with Gasteiger partial charge in [0.15, 0.2) is 5.82 Å². The molecular formula is C44H44N8O11. The number of ether oxygens (including phenoxy) is 2. The molecule has 6 N–H and O–H groups in total. The fraction of sp³-hybridized carbons (Fsp3) is 0.273. The maximum Gasteiger partial charge on any atom is 0.411 e. The standard InChI is InChI=1S/C44H44N8O11/c1-4-45-41(57)39-49-48-38(31-20-30(24(2)3)35(53)21-36(31)54)52(39)26-10-14-28(15-11-26)63-27-12-8-25(9-13-27)22-50(44(60)61)18-19-62-43(59)46-33-7-5-6-29-32(33)23-51(42(29)58)34-16-17-37(55)47-40(34)56/h5-15,20-21,24,34,53-54H,4,16-19,22-23H2,1-3H3,(H,45,57)(H,46,59)(H,60,61)(H,47,55,56). The molecule has 0 aliphatic carbocycles. The van der Waals surface area contributed by atoms with Gasteiger partial charge >= 0.3 is 12.2 Å². The largest absolute Gasteiger partial charge is 0.508 e. The number of carbonyl (C=O) groups excluding carboxylic acids is 5. The van der Waals surface area contributed by atoms with Gasteiger partial charge < -0.3 is 39.9 Å². The van der Waals surface area contributed by atoms with E-state index in [4.69, 9.17) is 9.47 Å². The van der Waals surface area contributed by atoms with Gasteiger partial charge in [-0.1, -0.05) is 32.0 Å². The quantitative estimate of drug-likeness (QED) is 0.0756. The molecule has 2 aliphatic rings. The molecule has 0 radical (unpaired) electrons. The van der Waals surface area contributed by atoms with Crippen molar-refractivity contribution in [2.24, 2.45) is 0 Å². The number of aromatic hydroxyl groups is 2. The second kappa shape index (κ2) is 18.3. The van der Waals surface area contributed by atoms with Crippen LogP contribution in [0.15, 0.2) is 78.9 Å². The SMILES string of the molecule is CCNC(=O)c1nnc(-c2cc(C(C)C)c(O)cc2O)n1-c1ccc(Oc2ccc(CN(CCOC(=O)Nc3cccc4c3CN(C3CCC(=O)NC3=O)C4=O)C(=O)O)cc2)cc1. The molecule has 0 saturated carbocycles. The highest BCUT2D eigenvalue weighted by atomic mass is 16.5. The minimum atomic E-state index is -1.24. The molecule has 63 heavy (non-hydrogen) atoms. The summed E-state index contributed by atoms with van der Waals surface area (Å²) in [5.74, 6) is -1.16. The number of phenols is 2. The van der Waals surface area contributed by atoms with Crippen LogP contribution in [-0.2, 0) is 27.4 Å². The van der Waals surface area contributed by atoms with Gasteiger partial charge in [-0.05, 0) is 85.0 Å². The van der Waals surface area contributed by atoms with Crippen LogP contribution in [0.4, 0.5) is 15.3 Å². The van der Waals surface area contributed by atoms with Crippen LogP contribution in [0.3, 0.4) is 0 Å². The topological polar surface area (TPSA) is 255 Å². The molecule has 5 aromatic rings. The molecule has 1 fully saturated rings. The summed E-state index contributed by atoms with van der Waals surface area (Å²) in [4.78, 5) is 77.5. The van der Waals surface area contributed by atoms with Crippen molar-refractivity contribution in [1.29, 1.82) is 0 Å². The van der Waals surface area contributed by atoms with E-state index in [2.05, 4.69) is 26.1 Å². The first kappa shape index (κ1) is 43.1. The fourth-order valence-electron chi connectivity index (χ4n) is 7.35. The third-order valence-electron chi connectivity index (χ3n) is 10.5. The van der Waals surface area contributed by atoms with E-state index in [0.29, 0.717) is 51.7 Å². The molecule has 3 heterocycles. The zero-order chi connectivity index (χ0) is 44.9. The molecule has 1 aromatic heterocycles. The van der Waals surface area contributed by atoms with Gasteiger partial charge in [0.25, 0.3) is 11.8 Å². The highest BCUT2D eigenvalue weighted by molar-refractivity contribution is 6.06. The molecule has 0 spiro atoms. The summed E-state index contributed by atoms with van der Waals surface area (Å²) >= 11 is 0. The second-order valence-corrected chi connectivity index (χ2v) is 15.1. The molecule has 7 rings (SSSR count). The molecule has 1 unspecified atom stereocenters. The van der Waals surface area contributed by atoms with E-state index in [1.54, 1.807) is 79.7 Å². The molecule has 1 saturated heterocycles. The highest BCUT2D eigenvalue weighted by Crippen LogP contribution is 2.39. The maximum atomic E-state index is 13.1. The lowest BCUT2D eigenvalue weighted by Gasteiger charge is -2.29. The number of benzene rings is 4. The first-order chi connectivity index (χ1) is 30.2. The van der Waals surface area contributed by atoms with Crippen molar-refractivity contribution in [1.82, 2.24) is 35.2 Å². The predicted octanol–water partition coefficient (Wildman–Crippen LogP) is 5.50. The fourth-order valence-corrected chi connectivity index (χ4v) is 7.35. The molecule has 19 nitrogen and oxygen atoms in total. The number of anilines is 1. The van der Waals surface area contributed by atoms with E-state index in [9.17, 15) is 44.1 Å². The number of fused-ring (bicyclic) bond motifs is 1. The summed E-state index contributed by atoms with van der Waals surface area (Å²) in [6.07, 6.45) is -1.80. The van der Waals surface area contributed by atoms with E-state index in [0.717, 1.165) is 4.90 Å². The van der Waals surface area contributed by atoms with Crippen LogP contribution >= 0.6 is 0 Å². The number of nitrogens with zero attached hydrogens (tertiary/aromatic N) is 5. The van der Waals surface area contributed by atoms with Crippen molar-refractivity contribution >= 4 is 41.5 Å². The van der Waals surface area contributed by atoms with Crippen molar-refractivity contribution in [3.63, 3.8) is 0 Å². The van der Waals surface area contributed by atoms with Gasteiger partial charge in [-0.25, -0.2) is 9.59 Å². The number of aromatic nitrogens is 3. The minimum absolute atomic E-state index is 0.0182. The molecule has 1 atom stereocenters. The summed E-state index contributed by atoms with van der Waals surface area (Å²) in [5, 5.41) is 47.1. The van der Waals surface area contributed by atoms with Crippen LogP contribution in [0.5, 0.6) is 23.0 Å². The number of rotatable bonds is 14. The van der Waals surface area contributed by atoms with Crippen molar-refractivity contribution in [3.8, 4) is 40.1 Å². The van der Waals surface area contributed by atoms with Crippen LogP contribution in [-0.4, -0.2) is 101 Å². The molecular weight excluding hydrogens is 817 g/mol. The van der Waals surface area contributed by atoms with E-state index >= 15 is 0 Å². The average molecular weight is 861 g/mol.